The minimum absolute atomic E-state index is 0.00553. The Balaban J connectivity index is 1.34. The standard InChI is InChI=1S/C23H20FN5O3S/c1-15-21(22(30)27-11-9-26(10-12-27)20-8-3-2-7-18(20)24)33-23-25-19(14-28(15)23)16-5-4-6-17(13-16)29(31)32/h2-8,13-14H,9-12H2,1H3. The minimum Gasteiger partial charge on any atom is -0.366 e. The van der Waals surface area contributed by atoms with Crippen molar-refractivity contribution in [3.05, 3.63) is 81.2 Å². The van der Waals surface area contributed by atoms with Crippen LogP contribution in [0.5, 0.6) is 0 Å². The molecule has 33 heavy (non-hydrogen) atoms. The molecule has 10 heteroatoms. The van der Waals surface area contributed by atoms with Crippen LogP contribution in [0.2, 0.25) is 0 Å². The molecule has 1 fully saturated rings. The summed E-state index contributed by atoms with van der Waals surface area (Å²) < 4.78 is 15.9. The van der Waals surface area contributed by atoms with Crippen LogP contribution < -0.4 is 4.90 Å². The summed E-state index contributed by atoms with van der Waals surface area (Å²) in [6.07, 6.45) is 1.80. The van der Waals surface area contributed by atoms with E-state index >= 15 is 0 Å². The molecule has 4 aromatic rings. The molecule has 8 nitrogen and oxygen atoms in total. The SMILES string of the molecule is Cc1c(C(=O)N2CCN(c3ccccc3F)CC2)sc2nc(-c3cccc([N+](=O)[O-])c3)cn12. The van der Waals surface area contributed by atoms with Gasteiger partial charge in [-0.3, -0.25) is 19.3 Å². The van der Waals surface area contributed by atoms with Gasteiger partial charge in [0.1, 0.15) is 10.7 Å². The van der Waals surface area contributed by atoms with Crippen molar-refractivity contribution in [2.24, 2.45) is 0 Å². The smallest absolute Gasteiger partial charge is 0.270 e. The topological polar surface area (TPSA) is 84.0 Å². The van der Waals surface area contributed by atoms with E-state index in [-0.39, 0.29) is 17.4 Å². The van der Waals surface area contributed by atoms with E-state index in [1.54, 1.807) is 35.4 Å². The highest BCUT2D eigenvalue weighted by atomic mass is 32.1. The Hall–Kier alpha value is -3.79. The third-order valence-corrected chi connectivity index (χ3v) is 7.01. The van der Waals surface area contributed by atoms with Crippen LogP contribution in [-0.2, 0) is 0 Å². The number of carbonyl (C=O) groups excluding carboxylic acids is 1. The van der Waals surface area contributed by atoms with E-state index in [4.69, 9.17) is 0 Å². The number of nitrogens with zero attached hydrogens (tertiary/aromatic N) is 5. The zero-order valence-corrected chi connectivity index (χ0v) is 18.6. The zero-order chi connectivity index (χ0) is 23.1. The van der Waals surface area contributed by atoms with Crippen molar-refractivity contribution >= 4 is 33.6 Å². The number of para-hydroxylation sites is 1. The fourth-order valence-electron chi connectivity index (χ4n) is 4.07. The molecule has 2 aromatic carbocycles. The number of hydrogen-bond acceptors (Lipinski definition) is 6. The predicted octanol–water partition coefficient (Wildman–Crippen LogP) is 4.38. The van der Waals surface area contributed by atoms with Crippen LogP contribution in [0.3, 0.4) is 0 Å². The summed E-state index contributed by atoms with van der Waals surface area (Å²) in [6, 6.07) is 13.0. The van der Waals surface area contributed by atoms with Crippen molar-refractivity contribution < 1.29 is 14.1 Å². The number of nitro benzene ring substituents is 1. The second kappa shape index (κ2) is 8.28. The van der Waals surface area contributed by atoms with Gasteiger partial charge < -0.3 is 9.80 Å². The highest BCUT2D eigenvalue weighted by Crippen LogP contribution is 2.30. The number of nitro groups is 1. The maximum atomic E-state index is 14.1. The largest absolute Gasteiger partial charge is 0.366 e. The number of hydrogen-bond donors (Lipinski definition) is 0. The summed E-state index contributed by atoms with van der Waals surface area (Å²) >= 11 is 1.30. The van der Waals surface area contributed by atoms with Gasteiger partial charge in [0.15, 0.2) is 4.96 Å². The molecule has 0 spiro atoms. The molecule has 1 amide bonds. The molecule has 168 valence electrons. The van der Waals surface area contributed by atoms with Gasteiger partial charge in [-0.15, -0.1) is 0 Å². The molecule has 0 saturated carbocycles. The minimum atomic E-state index is -0.435. The van der Waals surface area contributed by atoms with Gasteiger partial charge in [0.2, 0.25) is 0 Å². The average Bonchev–Trinajstić information content (AvgIpc) is 3.38. The molecule has 2 aromatic heterocycles. The summed E-state index contributed by atoms with van der Waals surface area (Å²) in [7, 11) is 0. The van der Waals surface area contributed by atoms with Crippen molar-refractivity contribution in [3.8, 4) is 11.3 Å². The molecular formula is C23H20FN5O3S. The van der Waals surface area contributed by atoms with Crippen LogP contribution in [0.15, 0.2) is 54.7 Å². The summed E-state index contributed by atoms with van der Waals surface area (Å²) in [4.78, 5) is 33.4. The molecule has 1 saturated heterocycles. The fraction of sp³-hybridized carbons (Fsp3) is 0.217. The molecule has 3 heterocycles. The monoisotopic (exact) mass is 465 g/mol. The first-order valence-corrected chi connectivity index (χ1v) is 11.3. The highest BCUT2D eigenvalue weighted by Gasteiger charge is 2.27. The quantitative estimate of drug-likeness (QED) is 0.330. The Labute approximate surface area is 192 Å². The van der Waals surface area contributed by atoms with E-state index in [1.165, 1.54) is 29.5 Å². The molecule has 0 radical (unpaired) electrons. The Bertz CT molecular complexity index is 1370. The number of aromatic nitrogens is 2. The molecule has 1 aliphatic rings. The third-order valence-electron chi connectivity index (χ3n) is 5.86. The van der Waals surface area contributed by atoms with E-state index in [0.717, 1.165) is 5.69 Å². The number of halogens is 1. The number of rotatable bonds is 4. The summed E-state index contributed by atoms with van der Waals surface area (Å²) in [5, 5.41) is 11.1. The molecular weight excluding hydrogens is 445 g/mol. The molecule has 0 unspecified atom stereocenters. The van der Waals surface area contributed by atoms with Gasteiger partial charge in [0.25, 0.3) is 11.6 Å². The number of thiazole rings is 1. The Morgan fingerprint density at radius 1 is 1.12 bits per heavy atom. The Kier molecular flexibility index (Phi) is 5.29. The van der Waals surface area contributed by atoms with Crippen molar-refractivity contribution in [2.75, 3.05) is 31.1 Å². The lowest BCUT2D eigenvalue weighted by Gasteiger charge is -2.36. The lowest BCUT2D eigenvalue weighted by Crippen LogP contribution is -2.49. The number of anilines is 1. The normalized spacial score (nSPS) is 14.1. The van der Waals surface area contributed by atoms with Crippen LogP contribution in [-0.4, -0.2) is 51.3 Å². The maximum absolute atomic E-state index is 14.1. The van der Waals surface area contributed by atoms with Crippen molar-refractivity contribution in [1.29, 1.82) is 0 Å². The lowest BCUT2D eigenvalue weighted by atomic mass is 10.1. The van der Waals surface area contributed by atoms with E-state index in [2.05, 4.69) is 4.98 Å². The van der Waals surface area contributed by atoms with Gasteiger partial charge in [0, 0.05) is 55.8 Å². The molecule has 5 rings (SSSR count). The van der Waals surface area contributed by atoms with Crippen LogP contribution in [0, 0.1) is 22.9 Å². The highest BCUT2D eigenvalue weighted by molar-refractivity contribution is 7.19. The van der Waals surface area contributed by atoms with Crippen molar-refractivity contribution in [1.82, 2.24) is 14.3 Å². The van der Waals surface area contributed by atoms with E-state index in [1.807, 2.05) is 22.3 Å². The number of fused-ring (bicyclic) bond motifs is 1. The maximum Gasteiger partial charge on any atom is 0.270 e. The number of benzene rings is 2. The van der Waals surface area contributed by atoms with Gasteiger partial charge >= 0.3 is 0 Å². The van der Waals surface area contributed by atoms with Gasteiger partial charge in [0.05, 0.1) is 16.3 Å². The van der Waals surface area contributed by atoms with E-state index < -0.39 is 4.92 Å². The van der Waals surface area contributed by atoms with E-state index in [9.17, 15) is 19.3 Å². The Morgan fingerprint density at radius 3 is 2.58 bits per heavy atom. The predicted molar refractivity (Wildman–Crippen MR) is 124 cm³/mol. The summed E-state index contributed by atoms with van der Waals surface area (Å²) in [5.41, 5.74) is 2.61. The van der Waals surface area contributed by atoms with E-state index in [0.29, 0.717) is 53.0 Å². The molecule has 0 atom stereocenters. The first-order valence-electron chi connectivity index (χ1n) is 10.4. The number of aryl methyl sites for hydroxylation is 1. The van der Waals surface area contributed by atoms with Crippen LogP contribution in [0.1, 0.15) is 15.4 Å². The van der Waals surface area contributed by atoms with Gasteiger partial charge in [-0.2, -0.15) is 0 Å². The number of amides is 1. The first-order chi connectivity index (χ1) is 15.9. The van der Waals surface area contributed by atoms with Crippen LogP contribution in [0.25, 0.3) is 16.2 Å². The molecule has 0 aliphatic carbocycles. The van der Waals surface area contributed by atoms with Gasteiger partial charge in [-0.05, 0) is 19.1 Å². The fourth-order valence-corrected chi connectivity index (χ4v) is 5.15. The van der Waals surface area contributed by atoms with Crippen molar-refractivity contribution in [3.63, 3.8) is 0 Å². The number of imidazole rings is 1. The number of carbonyl (C=O) groups is 1. The molecule has 1 aliphatic heterocycles. The summed E-state index contributed by atoms with van der Waals surface area (Å²) in [6.45, 7) is 4.00. The molecule has 0 bridgehead atoms. The molecule has 0 N–H and O–H groups in total. The number of piperazine rings is 1. The second-order valence-corrected chi connectivity index (χ2v) is 8.81. The van der Waals surface area contributed by atoms with Gasteiger partial charge in [-0.1, -0.05) is 35.6 Å². The summed E-state index contributed by atoms with van der Waals surface area (Å²) in [5.74, 6) is -0.319. The Morgan fingerprint density at radius 2 is 1.88 bits per heavy atom. The van der Waals surface area contributed by atoms with Crippen molar-refractivity contribution in [2.45, 2.75) is 6.92 Å². The second-order valence-electron chi connectivity index (χ2n) is 7.83. The van der Waals surface area contributed by atoms with Gasteiger partial charge in [-0.25, -0.2) is 9.37 Å². The van der Waals surface area contributed by atoms with Crippen LogP contribution >= 0.6 is 11.3 Å². The lowest BCUT2D eigenvalue weighted by molar-refractivity contribution is -0.384. The third kappa shape index (κ3) is 3.82. The van der Waals surface area contributed by atoms with Crippen LogP contribution in [0.4, 0.5) is 15.8 Å². The number of non-ortho nitro benzene ring substituents is 1. The first kappa shape index (κ1) is 21.1. The zero-order valence-electron chi connectivity index (χ0n) is 17.8. The average molecular weight is 466 g/mol.